The minimum absolute atomic E-state index is 0.500. The molecule has 92 valence electrons. The molecule has 0 amide bonds. The summed E-state index contributed by atoms with van der Waals surface area (Å²) in [7, 11) is 0. The topological polar surface area (TPSA) is 43.3 Å². The Kier molecular flexibility index (Phi) is 4.17. The maximum atomic E-state index is 8.24. The molecule has 1 aromatic heterocycles. The highest BCUT2D eigenvalue weighted by Gasteiger charge is 2.04. The molecule has 3 heteroatoms. The summed E-state index contributed by atoms with van der Waals surface area (Å²) in [6, 6.07) is 20.9. The van der Waals surface area contributed by atoms with E-state index in [1.165, 1.54) is 16.5 Å². The number of hydrogen-bond acceptors (Lipinski definition) is 1. The Hall–Kier alpha value is -2.77. The second kappa shape index (κ2) is 6.24. The molecule has 0 aliphatic rings. The lowest BCUT2D eigenvalue weighted by Crippen LogP contribution is -2.28. The van der Waals surface area contributed by atoms with E-state index >= 15 is 0 Å². The number of fused-ring (bicyclic) bond motifs is 1. The molecule has 3 nitrogen and oxygen atoms in total. The number of hydrogen-bond donors (Lipinski definition) is 0. The second-order valence-corrected chi connectivity index (χ2v) is 3.91. The van der Waals surface area contributed by atoms with Crippen molar-refractivity contribution in [2.45, 2.75) is 0 Å². The van der Waals surface area contributed by atoms with Crippen LogP contribution >= 0.6 is 0 Å². The predicted molar refractivity (Wildman–Crippen MR) is 74.5 cm³/mol. The van der Waals surface area contributed by atoms with Crippen LogP contribution < -0.4 is 4.57 Å². The Morgan fingerprint density at radius 1 is 0.842 bits per heavy atom. The van der Waals surface area contributed by atoms with Crippen molar-refractivity contribution in [1.82, 2.24) is 0 Å². The van der Waals surface area contributed by atoms with E-state index in [4.69, 9.17) is 10.2 Å². The molecule has 0 bridgehead atoms. The predicted octanol–water partition coefficient (Wildman–Crippen LogP) is 3.01. The summed E-state index contributed by atoms with van der Waals surface area (Å²) in [5, 5.41) is 9.29. The Morgan fingerprint density at radius 3 is 2.11 bits per heavy atom. The minimum Gasteiger partial charge on any atom is -0.724 e. The standard InChI is InChI=1S/C15H12N.CNO/c1-2-8-15(9-3-1)16-11-10-13-6-4-5-7-14(13)12-16;2-1-3/h1-12H;/q+1;-1. The van der Waals surface area contributed by atoms with Crippen LogP contribution in [-0.2, 0) is 4.79 Å². The molecule has 0 saturated heterocycles. The van der Waals surface area contributed by atoms with Gasteiger partial charge in [-0.15, -0.1) is 0 Å². The van der Waals surface area contributed by atoms with Gasteiger partial charge in [-0.3, -0.25) is 4.79 Å². The van der Waals surface area contributed by atoms with Crippen LogP contribution in [0.3, 0.4) is 0 Å². The van der Waals surface area contributed by atoms with Crippen LogP contribution in [0.2, 0.25) is 0 Å². The number of isocyanates is 1. The average molecular weight is 248 g/mol. The molecular formula is C16H12N2O. The smallest absolute Gasteiger partial charge is 0.210 e. The molecule has 0 aliphatic carbocycles. The van der Waals surface area contributed by atoms with Crippen LogP contribution in [0.25, 0.3) is 21.9 Å². The first kappa shape index (κ1) is 12.7. The van der Waals surface area contributed by atoms with Crippen LogP contribution in [-0.4, -0.2) is 6.08 Å². The molecule has 0 unspecified atom stereocenters. The first-order valence-corrected chi connectivity index (χ1v) is 5.82. The van der Waals surface area contributed by atoms with Crippen LogP contribution in [0.1, 0.15) is 0 Å². The van der Waals surface area contributed by atoms with E-state index in [0.717, 1.165) is 0 Å². The summed E-state index contributed by atoms with van der Waals surface area (Å²) in [4.78, 5) is 8.24. The summed E-state index contributed by atoms with van der Waals surface area (Å²) in [6.07, 6.45) is 4.75. The van der Waals surface area contributed by atoms with E-state index in [1.54, 1.807) is 0 Å². The van der Waals surface area contributed by atoms with Crippen molar-refractivity contribution in [1.29, 1.82) is 0 Å². The first-order chi connectivity index (χ1) is 9.35. The van der Waals surface area contributed by atoms with Crippen molar-refractivity contribution in [3.63, 3.8) is 0 Å². The van der Waals surface area contributed by atoms with E-state index in [2.05, 4.69) is 71.6 Å². The van der Waals surface area contributed by atoms with Crippen LogP contribution in [0.4, 0.5) is 0 Å². The van der Waals surface area contributed by atoms with Crippen molar-refractivity contribution in [2.24, 2.45) is 0 Å². The van der Waals surface area contributed by atoms with Crippen LogP contribution in [0, 0.1) is 0 Å². The number of para-hydroxylation sites is 1. The fraction of sp³-hybridized carbons (Fsp3) is 0. The molecule has 19 heavy (non-hydrogen) atoms. The number of rotatable bonds is 1. The quantitative estimate of drug-likeness (QED) is 0.371. The van der Waals surface area contributed by atoms with Gasteiger partial charge < -0.3 is 5.41 Å². The molecule has 3 aromatic rings. The Balaban J connectivity index is 0.000000408. The van der Waals surface area contributed by atoms with Gasteiger partial charge in [-0.25, -0.2) is 0 Å². The SMILES string of the molecule is [N-]=C=O.c1ccc(-[n+]2ccc3ccccc3c2)cc1. The van der Waals surface area contributed by atoms with Gasteiger partial charge >= 0.3 is 0 Å². The molecular weight excluding hydrogens is 236 g/mol. The van der Waals surface area contributed by atoms with Gasteiger partial charge in [0, 0.05) is 23.6 Å². The number of carbonyl (C=O) groups excluding carboxylic acids is 1. The molecule has 0 aliphatic heterocycles. The van der Waals surface area contributed by atoms with Gasteiger partial charge in [-0.2, -0.15) is 4.57 Å². The minimum atomic E-state index is 0.500. The lowest BCUT2D eigenvalue weighted by atomic mass is 10.2. The zero-order valence-electron chi connectivity index (χ0n) is 10.2. The molecule has 0 fully saturated rings. The van der Waals surface area contributed by atoms with Crippen molar-refractivity contribution in [2.75, 3.05) is 0 Å². The van der Waals surface area contributed by atoms with Gasteiger partial charge in [0.2, 0.25) is 5.69 Å². The fourth-order valence-electron chi connectivity index (χ4n) is 1.89. The maximum Gasteiger partial charge on any atom is 0.210 e. The second-order valence-electron chi connectivity index (χ2n) is 3.91. The monoisotopic (exact) mass is 248 g/mol. The largest absolute Gasteiger partial charge is 0.724 e. The van der Waals surface area contributed by atoms with Gasteiger partial charge in [0.15, 0.2) is 12.4 Å². The highest BCUT2D eigenvalue weighted by Crippen LogP contribution is 2.10. The van der Waals surface area contributed by atoms with Gasteiger partial charge in [0.25, 0.3) is 0 Å². The maximum absolute atomic E-state index is 8.24. The van der Waals surface area contributed by atoms with Gasteiger partial charge in [0.05, 0.1) is 0 Å². The molecule has 0 spiro atoms. The van der Waals surface area contributed by atoms with Gasteiger partial charge in [0.1, 0.15) is 0 Å². The van der Waals surface area contributed by atoms with Crippen molar-refractivity contribution < 1.29 is 9.36 Å². The van der Waals surface area contributed by atoms with Gasteiger partial charge in [-0.1, -0.05) is 36.4 Å². The Bertz CT molecular complexity index is 702. The Morgan fingerprint density at radius 2 is 1.42 bits per heavy atom. The number of nitrogens with zero attached hydrogens (tertiary/aromatic N) is 2. The summed E-state index contributed by atoms with van der Waals surface area (Å²) in [6.45, 7) is 0. The Labute approximate surface area is 111 Å². The number of aromatic nitrogens is 1. The molecule has 0 radical (unpaired) electrons. The third-order valence-corrected chi connectivity index (χ3v) is 2.74. The zero-order chi connectivity index (χ0) is 13.5. The third kappa shape index (κ3) is 3.12. The molecule has 0 saturated carbocycles. The number of benzene rings is 2. The van der Waals surface area contributed by atoms with E-state index in [1.807, 2.05) is 6.07 Å². The lowest BCUT2D eigenvalue weighted by Gasteiger charge is -1.97. The normalized spacial score (nSPS) is 9.26. The summed E-state index contributed by atoms with van der Waals surface area (Å²) >= 11 is 0. The van der Waals surface area contributed by atoms with E-state index in [9.17, 15) is 0 Å². The van der Waals surface area contributed by atoms with Crippen LogP contribution in [0.5, 0.6) is 0 Å². The first-order valence-electron chi connectivity index (χ1n) is 5.82. The fourth-order valence-corrected chi connectivity index (χ4v) is 1.89. The molecule has 1 heterocycles. The molecule has 0 atom stereocenters. The van der Waals surface area contributed by atoms with Crippen molar-refractivity contribution in [3.8, 4) is 5.69 Å². The third-order valence-electron chi connectivity index (χ3n) is 2.74. The van der Waals surface area contributed by atoms with Crippen LogP contribution in [0.15, 0.2) is 73.1 Å². The molecule has 0 N–H and O–H groups in total. The van der Waals surface area contributed by atoms with Crippen molar-refractivity contribution in [3.05, 3.63) is 78.5 Å². The average Bonchev–Trinajstić information content (AvgIpc) is 2.48. The summed E-state index contributed by atoms with van der Waals surface area (Å²) in [5.41, 5.74) is 1.19. The van der Waals surface area contributed by atoms with E-state index < -0.39 is 0 Å². The zero-order valence-corrected chi connectivity index (χ0v) is 10.2. The summed E-state index contributed by atoms with van der Waals surface area (Å²) in [5.74, 6) is 0. The highest BCUT2D eigenvalue weighted by molar-refractivity contribution is 5.80. The summed E-state index contributed by atoms with van der Waals surface area (Å²) < 4.78 is 2.14. The van der Waals surface area contributed by atoms with E-state index in [0.29, 0.717) is 6.08 Å². The highest BCUT2D eigenvalue weighted by atomic mass is 16.1. The lowest BCUT2D eigenvalue weighted by molar-refractivity contribution is -0.594. The molecule has 3 rings (SSSR count). The number of pyridine rings is 1. The van der Waals surface area contributed by atoms with E-state index in [-0.39, 0.29) is 0 Å². The van der Waals surface area contributed by atoms with Gasteiger partial charge in [-0.05, 0) is 17.5 Å². The van der Waals surface area contributed by atoms with Crippen molar-refractivity contribution >= 4 is 16.9 Å². The molecule has 2 aromatic carbocycles.